The van der Waals surface area contributed by atoms with Crippen molar-refractivity contribution in [3.05, 3.63) is 107 Å². The van der Waals surface area contributed by atoms with Gasteiger partial charge in [-0.05, 0) is 66.8 Å². The molecule has 0 saturated heterocycles. The molecule has 0 radical (unpaired) electrons. The molecule has 0 atom stereocenters. The van der Waals surface area contributed by atoms with Crippen molar-refractivity contribution in [2.75, 3.05) is 4.72 Å². The first kappa shape index (κ1) is 25.6. The van der Waals surface area contributed by atoms with Gasteiger partial charge < -0.3 is 5.11 Å². The molecule has 10 heteroatoms. The van der Waals surface area contributed by atoms with Crippen LogP contribution in [-0.2, 0) is 32.7 Å². The SMILES string of the molecule is O=C(O)c1cccc(CCCc2ccccc2NS(=O)(=O)c2cc(S(=O)(=O)c3ccccc3)cs2)c1. The second-order valence-corrected chi connectivity index (χ2v) is 12.8. The Labute approximate surface area is 214 Å². The molecule has 0 unspecified atom stereocenters. The van der Waals surface area contributed by atoms with Crippen molar-refractivity contribution in [1.82, 2.24) is 0 Å². The number of anilines is 1. The molecule has 0 saturated carbocycles. The van der Waals surface area contributed by atoms with Crippen LogP contribution in [-0.4, -0.2) is 27.9 Å². The first-order valence-corrected chi connectivity index (χ1v) is 14.8. The number of hydrogen-bond acceptors (Lipinski definition) is 6. The monoisotopic (exact) mass is 541 g/mol. The van der Waals surface area contributed by atoms with E-state index in [2.05, 4.69) is 4.72 Å². The molecule has 4 rings (SSSR count). The third kappa shape index (κ3) is 5.84. The van der Waals surface area contributed by atoms with Crippen molar-refractivity contribution in [2.24, 2.45) is 0 Å². The van der Waals surface area contributed by atoms with Crippen molar-refractivity contribution in [1.29, 1.82) is 0 Å². The van der Waals surface area contributed by atoms with Gasteiger partial charge in [0.15, 0.2) is 0 Å². The zero-order valence-electron chi connectivity index (χ0n) is 19.0. The first-order chi connectivity index (χ1) is 17.2. The Morgan fingerprint density at radius 3 is 2.28 bits per heavy atom. The molecular weight excluding hydrogens is 518 g/mol. The Hall–Kier alpha value is -3.47. The summed E-state index contributed by atoms with van der Waals surface area (Å²) in [4.78, 5) is 11.2. The number of sulfone groups is 1. The second kappa shape index (κ2) is 10.7. The van der Waals surface area contributed by atoms with E-state index in [1.165, 1.54) is 29.6 Å². The van der Waals surface area contributed by atoms with Gasteiger partial charge in [-0.2, -0.15) is 0 Å². The average molecular weight is 542 g/mol. The predicted molar refractivity (Wildman–Crippen MR) is 139 cm³/mol. The van der Waals surface area contributed by atoms with Gasteiger partial charge in [-0.15, -0.1) is 11.3 Å². The lowest BCUT2D eigenvalue weighted by Crippen LogP contribution is -2.13. The number of carboxylic acid groups (broad SMARTS) is 1. The van der Waals surface area contributed by atoms with Crippen molar-refractivity contribution >= 4 is 42.9 Å². The number of nitrogens with one attached hydrogen (secondary N) is 1. The second-order valence-electron chi connectivity index (χ2n) is 8.04. The van der Waals surface area contributed by atoms with E-state index in [0.717, 1.165) is 22.5 Å². The average Bonchev–Trinajstić information content (AvgIpc) is 3.38. The molecule has 0 spiro atoms. The molecule has 36 heavy (non-hydrogen) atoms. The van der Waals surface area contributed by atoms with E-state index in [4.69, 9.17) is 5.11 Å². The summed E-state index contributed by atoms with van der Waals surface area (Å²) in [5, 5.41) is 10.5. The van der Waals surface area contributed by atoms with Gasteiger partial charge in [-0.1, -0.05) is 48.5 Å². The van der Waals surface area contributed by atoms with E-state index in [1.54, 1.807) is 42.5 Å². The van der Waals surface area contributed by atoms with Crippen LogP contribution < -0.4 is 4.72 Å². The summed E-state index contributed by atoms with van der Waals surface area (Å²) in [5.41, 5.74) is 2.31. The first-order valence-electron chi connectivity index (χ1n) is 11.0. The van der Waals surface area contributed by atoms with Gasteiger partial charge in [0.25, 0.3) is 10.0 Å². The van der Waals surface area contributed by atoms with Gasteiger partial charge in [0.1, 0.15) is 4.21 Å². The van der Waals surface area contributed by atoms with E-state index >= 15 is 0 Å². The summed E-state index contributed by atoms with van der Waals surface area (Å²) in [6, 6.07) is 22.8. The molecule has 186 valence electrons. The fourth-order valence-corrected chi connectivity index (χ4v) is 7.70. The zero-order valence-corrected chi connectivity index (χ0v) is 21.4. The summed E-state index contributed by atoms with van der Waals surface area (Å²) in [6.07, 6.45) is 1.88. The Bertz CT molecular complexity index is 1590. The highest BCUT2D eigenvalue weighted by molar-refractivity contribution is 7.95. The maximum atomic E-state index is 13.1. The van der Waals surface area contributed by atoms with Crippen LogP contribution in [0.15, 0.2) is 104 Å². The number of para-hydroxylation sites is 1. The van der Waals surface area contributed by atoms with Crippen LogP contribution in [0.2, 0.25) is 0 Å². The minimum atomic E-state index is -4.01. The van der Waals surface area contributed by atoms with E-state index in [-0.39, 0.29) is 19.6 Å². The standard InChI is InChI=1S/C26H23NO6S3/c28-26(29)21-12-7-9-19(16-21)8-6-11-20-10-4-5-15-24(20)27-36(32,33)25-17-23(18-34-25)35(30,31)22-13-2-1-3-14-22/h1-5,7,9-10,12-18,27H,6,8,11H2,(H,28,29). The quantitative estimate of drug-likeness (QED) is 0.283. The van der Waals surface area contributed by atoms with Gasteiger partial charge in [0.2, 0.25) is 9.84 Å². The van der Waals surface area contributed by atoms with Crippen molar-refractivity contribution in [2.45, 2.75) is 33.3 Å². The molecule has 0 amide bonds. The number of sulfonamides is 1. The van der Waals surface area contributed by atoms with Crippen LogP contribution in [0.4, 0.5) is 5.69 Å². The lowest BCUT2D eigenvalue weighted by atomic mass is 10.0. The summed E-state index contributed by atoms with van der Waals surface area (Å²) in [5.74, 6) is -0.982. The molecule has 0 fully saturated rings. The van der Waals surface area contributed by atoms with Crippen molar-refractivity contribution in [3.8, 4) is 0 Å². The fraction of sp³-hybridized carbons (Fsp3) is 0.115. The van der Waals surface area contributed by atoms with E-state index in [0.29, 0.717) is 24.9 Å². The van der Waals surface area contributed by atoms with Crippen LogP contribution in [0.25, 0.3) is 0 Å². The van der Waals surface area contributed by atoms with E-state index < -0.39 is 25.8 Å². The van der Waals surface area contributed by atoms with Gasteiger partial charge in [-0.25, -0.2) is 21.6 Å². The summed E-state index contributed by atoms with van der Waals surface area (Å²) in [6.45, 7) is 0. The van der Waals surface area contributed by atoms with Crippen molar-refractivity contribution < 1.29 is 26.7 Å². The lowest BCUT2D eigenvalue weighted by molar-refractivity contribution is 0.0696. The molecule has 4 aromatic rings. The lowest BCUT2D eigenvalue weighted by Gasteiger charge is -2.12. The molecule has 1 aromatic heterocycles. The van der Waals surface area contributed by atoms with Crippen molar-refractivity contribution in [3.63, 3.8) is 0 Å². The van der Waals surface area contributed by atoms with Gasteiger partial charge in [-0.3, -0.25) is 4.72 Å². The van der Waals surface area contributed by atoms with Crippen LogP contribution in [0.3, 0.4) is 0 Å². The number of thiophene rings is 1. The van der Waals surface area contributed by atoms with Crippen LogP contribution in [0, 0.1) is 0 Å². The third-order valence-electron chi connectivity index (χ3n) is 5.53. The maximum Gasteiger partial charge on any atom is 0.335 e. The van der Waals surface area contributed by atoms with Gasteiger partial charge in [0.05, 0.1) is 21.0 Å². The van der Waals surface area contributed by atoms with Gasteiger partial charge >= 0.3 is 5.97 Å². The molecule has 2 N–H and O–H groups in total. The molecule has 1 heterocycles. The Balaban J connectivity index is 1.48. The highest BCUT2D eigenvalue weighted by Gasteiger charge is 2.24. The summed E-state index contributed by atoms with van der Waals surface area (Å²) < 4.78 is 54.3. The number of benzene rings is 3. The number of carboxylic acids is 1. The Morgan fingerprint density at radius 2 is 1.53 bits per heavy atom. The number of aromatic carboxylic acids is 1. The highest BCUT2D eigenvalue weighted by atomic mass is 32.2. The molecule has 0 aliphatic carbocycles. The maximum absolute atomic E-state index is 13.1. The third-order valence-corrected chi connectivity index (χ3v) is 10.2. The molecule has 0 aliphatic heterocycles. The Morgan fingerprint density at radius 1 is 0.806 bits per heavy atom. The minimum Gasteiger partial charge on any atom is -0.478 e. The summed E-state index contributed by atoms with van der Waals surface area (Å²) >= 11 is 0.844. The Kier molecular flexibility index (Phi) is 7.58. The summed E-state index contributed by atoms with van der Waals surface area (Å²) in [7, 11) is -7.84. The molecule has 7 nitrogen and oxygen atoms in total. The normalized spacial score (nSPS) is 11.8. The van der Waals surface area contributed by atoms with Crippen LogP contribution in [0.5, 0.6) is 0 Å². The largest absolute Gasteiger partial charge is 0.478 e. The van der Waals surface area contributed by atoms with Gasteiger partial charge in [0, 0.05) is 5.38 Å². The fourth-order valence-electron chi connectivity index (χ4n) is 3.69. The minimum absolute atomic E-state index is 0.0732. The molecular formula is C26H23NO6S3. The molecule has 3 aromatic carbocycles. The number of aryl methyl sites for hydroxylation is 2. The predicted octanol–water partition coefficient (Wildman–Crippen LogP) is 5.26. The number of carbonyl (C=O) groups is 1. The number of rotatable bonds is 10. The smallest absolute Gasteiger partial charge is 0.335 e. The highest BCUT2D eigenvalue weighted by Crippen LogP contribution is 2.30. The van der Waals surface area contributed by atoms with E-state index in [9.17, 15) is 21.6 Å². The molecule has 0 aliphatic rings. The van der Waals surface area contributed by atoms with Crippen LogP contribution >= 0.6 is 11.3 Å². The topological polar surface area (TPSA) is 118 Å². The number of hydrogen-bond donors (Lipinski definition) is 2. The zero-order chi connectivity index (χ0) is 25.8. The van der Waals surface area contributed by atoms with Crippen LogP contribution in [0.1, 0.15) is 27.9 Å². The van der Waals surface area contributed by atoms with E-state index in [1.807, 2.05) is 18.2 Å². The molecule has 0 bridgehead atoms.